The van der Waals surface area contributed by atoms with E-state index >= 15 is 0 Å². The van der Waals surface area contributed by atoms with Crippen molar-refractivity contribution in [2.45, 2.75) is 12.0 Å². The Hall–Kier alpha value is -2.67. The number of morpholine rings is 1. The van der Waals surface area contributed by atoms with Gasteiger partial charge in [0.15, 0.2) is 0 Å². The number of amides is 1. The lowest BCUT2D eigenvalue weighted by molar-refractivity contribution is -0.122. The molecule has 1 atom stereocenters. The molecule has 6 heteroatoms. The summed E-state index contributed by atoms with van der Waals surface area (Å²) >= 11 is 1.74. The number of ether oxygens (including phenoxy) is 2. The zero-order chi connectivity index (χ0) is 20.3. The number of rotatable bonds is 5. The summed E-state index contributed by atoms with van der Waals surface area (Å²) in [6.45, 7) is 3.79. The van der Waals surface area contributed by atoms with Crippen molar-refractivity contribution in [3.63, 3.8) is 0 Å². The first-order valence-corrected chi connectivity index (χ1v) is 11.2. The lowest BCUT2D eigenvalue weighted by atomic mass is 9.87. The van der Waals surface area contributed by atoms with E-state index in [1.54, 1.807) is 11.3 Å². The highest BCUT2D eigenvalue weighted by Crippen LogP contribution is 2.44. The van der Waals surface area contributed by atoms with Gasteiger partial charge in [-0.15, -0.1) is 11.3 Å². The number of hydrogen-bond acceptors (Lipinski definition) is 5. The first-order chi connectivity index (χ1) is 14.8. The third kappa shape index (κ3) is 3.74. The fourth-order valence-electron chi connectivity index (χ4n) is 4.27. The predicted molar refractivity (Wildman–Crippen MR) is 117 cm³/mol. The molecule has 0 bridgehead atoms. The van der Waals surface area contributed by atoms with Gasteiger partial charge in [-0.2, -0.15) is 0 Å². The van der Waals surface area contributed by atoms with E-state index in [9.17, 15) is 4.79 Å². The van der Waals surface area contributed by atoms with Gasteiger partial charge in [-0.1, -0.05) is 42.5 Å². The summed E-state index contributed by atoms with van der Waals surface area (Å²) in [7, 11) is 0. The highest BCUT2D eigenvalue weighted by atomic mass is 32.1. The maximum absolute atomic E-state index is 13.5. The Kier molecular flexibility index (Phi) is 5.53. The maximum Gasteiger partial charge on any atom is 0.232 e. The normalized spacial score (nSPS) is 17.5. The van der Waals surface area contributed by atoms with Crippen LogP contribution in [0.3, 0.4) is 0 Å². The van der Waals surface area contributed by atoms with E-state index in [0.29, 0.717) is 6.54 Å². The summed E-state index contributed by atoms with van der Waals surface area (Å²) in [5, 5.41) is 5.34. The van der Waals surface area contributed by atoms with Crippen LogP contribution >= 0.6 is 11.3 Å². The molecular weight excluding hydrogens is 396 g/mol. The third-order valence-corrected chi connectivity index (χ3v) is 6.74. The van der Waals surface area contributed by atoms with Gasteiger partial charge in [0, 0.05) is 35.6 Å². The van der Waals surface area contributed by atoms with Crippen molar-refractivity contribution >= 4 is 17.2 Å². The predicted octanol–water partition coefficient (Wildman–Crippen LogP) is 4.18. The molecule has 0 saturated carbocycles. The molecule has 1 saturated heterocycles. The van der Waals surface area contributed by atoms with Gasteiger partial charge in [-0.3, -0.25) is 9.69 Å². The topological polar surface area (TPSA) is 50.8 Å². The van der Waals surface area contributed by atoms with Crippen LogP contribution in [0, 0.1) is 0 Å². The van der Waals surface area contributed by atoms with Gasteiger partial charge in [0.2, 0.25) is 5.91 Å². The molecule has 30 heavy (non-hydrogen) atoms. The van der Waals surface area contributed by atoms with Crippen molar-refractivity contribution < 1.29 is 14.3 Å². The largest absolute Gasteiger partial charge is 0.457 e. The second-order valence-corrected chi connectivity index (χ2v) is 8.51. The Labute approximate surface area is 180 Å². The minimum absolute atomic E-state index is 0.00742. The molecule has 2 aliphatic rings. The summed E-state index contributed by atoms with van der Waals surface area (Å²) in [6.07, 6.45) is 0. The summed E-state index contributed by atoms with van der Waals surface area (Å²) in [5.74, 6) is 1.13. The third-order valence-electron chi connectivity index (χ3n) is 5.77. The zero-order valence-electron chi connectivity index (χ0n) is 16.6. The standard InChI is InChI=1S/C24H24N2O3S/c27-24(25-16-19(22-10-5-15-30-22)26-11-13-28-14-12-26)23-17-6-1-3-8-20(17)29-21-9-4-2-7-18(21)23/h1-10,15,19,23H,11-14,16H2,(H,25,27)/t19-/m1/s1. The van der Waals surface area contributed by atoms with Crippen molar-refractivity contribution in [1.82, 2.24) is 10.2 Å². The molecule has 2 aromatic carbocycles. The number of thiophene rings is 1. The summed E-state index contributed by atoms with van der Waals surface area (Å²) in [5.41, 5.74) is 1.82. The summed E-state index contributed by atoms with van der Waals surface area (Å²) < 4.78 is 11.6. The molecule has 1 fully saturated rings. The molecule has 154 valence electrons. The average molecular weight is 421 g/mol. The molecule has 0 unspecified atom stereocenters. The first-order valence-electron chi connectivity index (χ1n) is 10.3. The minimum atomic E-state index is -0.375. The van der Waals surface area contributed by atoms with Crippen LogP contribution in [-0.2, 0) is 9.53 Å². The molecule has 0 aliphatic carbocycles. The van der Waals surface area contributed by atoms with Crippen LogP contribution in [0.2, 0.25) is 0 Å². The SMILES string of the molecule is O=C(NC[C@H](c1cccs1)N1CCOCC1)C1c2ccccc2Oc2ccccc21. The van der Waals surface area contributed by atoms with Crippen molar-refractivity contribution in [2.24, 2.45) is 0 Å². The Morgan fingerprint density at radius 1 is 1.00 bits per heavy atom. The van der Waals surface area contributed by atoms with Crippen LogP contribution in [-0.4, -0.2) is 43.7 Å². The molecule has 5 rings (SSSR count). The van der Waals surface area contributed by atoms with Gasteiger partial charge in [-0.05, 0) is 23.6 Å². The smallest absolute Gasteiger partial charge is 0.232 e. The molecule has 3 aromatic rings. The lowest BCUT2D eigenvalue weighted by Gasteiger charge is -2.34. The highest BCUT2D eigenvalue weighted by molar-refractivity contribution is 7.10. The summed E-state index contributed by atoms with van der Waals surface area (Å²) in [6, 6.07) is 20.0. The Morgan fingerprint density at radius 2 is 1.67 bits per heavy atom. The molecule has 2 aliphatic heterocycles. The summed E-state index contributed by atoms with van der Waals surface area (Å²) in [4.78, 5) is 17.1. The number of fused-ring (bicyclic) bond motifs is 2. The number of benzene rings is 2. The fourth-order valence-corrected chi connectivity index (χ4v) is 5.13. The van der Waals surface area contributed by atoms with Gasteiger partial charge in [0.25, 0.3) is 0 Å². The number of nitrogens with zero attached hydrogens (tertiary/aromatic N) is 1. The number of nitrogens with one attached hydrogen (secondary N) is 1. The van der Waals surface area contributed by atoms with Crippen molar-refractivity contribution in [2.75, 3.05) is 32.8 Å². The first kappa shape index (κ1) is 19.3. The average Bonchev–Trinajstić information content (AvgIpc) is 3.33. The van der Waals surface area contributed by atoms with E-state index < -0.39 is 0 Å². The Morgan fingerprint density at radius 3 is 2.30 bits per heavy atom. The maximum atomic E-state index is 13.5. The van der Waals surface area contributed by atoms with Crippen molar-refractivity contribution in [3.8, 4) is 11.5 Å². The van der Waals surface area contributed by atoms with Gasteiger partial charge in [0.05, 0.1) is 25.2 Å². The molecule has 0 spiro atoms. The van der Waals surface area contributed by atoms with Crippen LogP contribution < -0.4 is 10.1 Å². The van der Waals surface area contributed by atoms with Crippen molar-refractivity contribution in [3.05, 3.63) is 82.0 Å². The minimum Gasteiger partial charge on any atom is -0.457 e. The fraction of sp³-hybridized carbons (Fsp3) is 0.292. The number of carbonyl (C=O) groups excluding carboxylic acids is 1. The quantitative estimate of drug-likeness (QED) is 0.673. The van der Waals surface area contributed by atoms with Crippen LogP contribution in [0.5, 0.6) is 11.5 Å². The van der Waals surface area contributed by atoms with E-state index in [-0.39, 0.29) is 17.9 Å². The molecule has 1 aromatic heterocycles. The lowest BCUT2D eigenvalue weighted by Crippen LogP contribution is -2.44. The van der Waals surface area contributed by atoms with E-state index in [4.69, 9.17) is 9.47 Å². The Balaban J connectivity index is 1.40. The van der Waals surface area contributed by atoms with E-state index in [1.165, 1.54) is 4.88 Å². The second-order valence-electron chi connectivity index (χ2n) is 7.54. The van der Waals surface area contributed by atoms with Gasteiger partial charge < -0.3 is 14.8 Å². The molecule has 1 N–H and O–H groups in total. The second kappa shape index (κ2) is 8.60. The van der Waals surface area contributed by atoms with E-state index in [2.05, 4.69) is 27.7 Å². The zero-order valence-corrected chi connectivity index (χ0v) is 17.4. The Bertz CT molecular complexity index is 969. The molecule has 0 radical (unpaired) electrons. The molecular formula is C24H24N2O3S. The number of para-hydroxylation sites is 2. The van der Waals surface area contributed by atoms with Gasteiger partial charge in [-0.25, -0.2) is 0 Å². The van der Waals surface area contributed by atoms with Crippen molar-refractivity contribution in [1.29, 1.82) is 0 Å². The number of carbonyl (C=O) groups is 1. The molecule has 1 amide bonds. The van der Waals surface area contributed by atoms with Crippen LogP contribution in [0.15, 0.2) is 66.0 Å². The van der Waals surface area contributed by atoms with E-state index in [1.807, 2.05) is 48.5 Å². The monoisotopic (exact) mass is 420 g/mol. The van der Waals surface area contributed by atoms with E-state index in [0.717, 1.165) is 48.9 Å². The van der Waals surface area contributed by atoms with Crippen LogP contribution in [0.1, 0.15) is 28.0 Å². The van der Waals surface area contributed by atoms with Gasteiger partial charge in [0.1, 0.15) is 11.5 Å². The molecule has 5 nitrogen and oxygen atoms in total. The highest BCUT2D eigenvalue weighted by Gasteiger charge is 2.33. The van der Waals surface area contributed by atoms with Gasteiger partial charge >= 0.3 is 0 Å². The number of hydrogen-bond donors (Lipinski definition) is 1. The molecule has 3 heterocycles. The van der Waals surface area contributed by atoms with Crippen LogP contribution in [0.25, 0.3) is 0 Å². The van der Waals surface area contributed by atoms with Crippen LogP contribution in [0.4, 0.5) is 0 Å².